The molecule has 1 amide bonds. The molecule has 3 N–H and O–H groups in total. The maximum absolute atomic E-state index is 11.1. The first-order chi connectivity index (χ1) is 6.93. The molecule has 0 spiro atoms. The topological polar surface area (TPSA) is 89.3 Å². The Morgan fingerprint density at radius 1 is 1.31 bits per heavy atom. The summed E-state index contributed by atoms with van der Waals surface area (Å²) in [7, 11) is -3.19. The van der Waals surface area contributed by atoms with Gasteiger partial charge in [0.15, 0.2) is 9.84 Å². The van der Waals surface area contributed by atoms with Gasteiger partial charge < -0.3 is 11.1 Å². The standard InChI is InChI=1S/C9H12N2O3S.ClH/c1-15(13,14)8-4-2-7(3-5-8)11-9(12)6-10;/h2-5H,6,10H2,1H3,(H,11,12);1H. The number of benzene rings is 1. The van der Waals surface area contributed by atoms with E-state index in [4.69, 9.17) is 5.73 Å². The van der Waals surface area contributed by atoms with Crippen molar-refractivity contribution in [1.82, 2.24) is 0 Å². The Hall–Kier alpha value is -1.11. The first kappa shape index (κ1) is 14.9. The fourth-order valence-corrected chi connectivity index (χ4v) is 1.63. The highest BCUT2D eigenvalue weighted by atomic mass is 35.5. The lowest BCUT2D eigenvalue weighted by Gasteiger charge is -2.04. The van der Waals surface area contributed by atoms with Crippen molar-refractivity contribution < 1.29 is 13.2 Å². The number of carbonyl (C=O) groups is 1. The van der Waals surface area contributed by atoms with E-state index in [-0.39, 0.29) is 29.8 Å². The Morgan fingerprint density at radius 2 is 1.81 bits per heavy atom. The molecule has 16 heavy (non-hydrogen) atoms. The Kier molecular flexibility index (Phi) is 5.43. The van der Waals surface area contributed by atoms with Gasteiger partial charge in [0.25, 0.3) is 0 Å². The van der Waals surface area contributed by atoms with Crippen LogP contribution in [0.25, 0.3) is 0 Å². The van der Waals surface area contributed by atoms with E-state index in [0.29, 0.717) is 5.69 Å². The van der Waals surface area contributed by atoms with Gasteiger partial charge in [-0.2, -0.15) is 0 Å². The van der Waals surface area contributed by atoms with E-state index < -0.39 is 9.84 Å². The van der Waals surface area contributed by atoms with Crippen LogP contribution < -0.4 is 11.1 Å². The van der Waals surface area contributed by atoms with Crippen LogP contribution in [0.5, 0.6) is 0 Å². The van der Waals surface area contributed by atoms with Gasteiger partial charge in [-0.05, 0) is 24.3 Å². The minimum Gasteiger partial charge on any atom is -0.325 e. The van der Waals surface area contributed by atoms with Crippen molar-refractivity contribution in [2.24, 2.45) is 5.73 Å². The van der Waals surface area contributed by atoms with Crippen molar-refractivity contribution >= 4 is 33.8 Å². The zero-order valence-corrected chi connectivity index (χ0v) is 10.3. The van der Waals surface area contributed by atoms with Crippen LogP contribution in [0, 0.1) is 0 Å². The van der Waals surface area contributed by atoms with Crippen molar-refractivity contribution in [3.05, 3.63) is 24.3 Å². The monoisotopic (exact) mass is 264 g/mol. The van der Waals surface area contributed by atoms with Crippen molar-refractivity contribution in [2.75, 3.05) is 18.1 Å². The third-order valence-corrected chi connectivity index (χ3v) is 2.88. The summed E-state index contributed by atoms with van der Waals surface area (Å²) >= 11 is 0. The Balaban J connectivity index is 0.00000225. The predicted molar refractivity (Wildman–Crippen MR) is 64.5 cm³/mol. The van der Waals surface area contributed by atoms with E-state index in [2.05, 4.69) is 5.32 Å². The summed E-state index contributed by atoms with van der Waals surface area (Å²) < 4.78 is 22.2. The third kappa shape index (κ3) is 4.18. The quantitative estimate of drug-likeness (QED) is 0.827. The number of amides is 1. The van der Waals surface area contributed by atoms with Gasteiger partial charge in [-0.1, -0.05) is 0 Å². The summed E-state index contributed by atoms with van der Waals surface area (Å²) in [6.07, 6.45) is 1.13. The van der Waals surface area contributed by atoms with Crippen molar-refractivity contribution in [1.29, 1.82) is 0 Å². The minimum atomic E-state index is -3.19. The minimum absolute atomic E-state index is 0. The molecule has 0 aromatic heterocycles. The predicted octanol–water partition coefficient (Wildman–Crippen LogP) is 0.409. The molecule has 0 unspecified atom stereocenters. The molecule has 0 atom stereocenters. The van der Waals surface area contributed by atoms with Crippen molar-refractivity contribution in [3.63, 3.8) is 0 Å². The molecule has 90 valence electrons. The smallest absolute Gasteiger partial charge is 0.238 e. The SMILES string of the molecule is CS(=O)(=O)c1ccc(NC(=O)CN)cc1.Cl. The second-order valence-electron chi connectivity index (χ2n) is 3.05. The summed E-state index contributed by atoms with van der Waals surface area (Å²) in [6, 6.07) is 5.90. The maximum atomic E-state index is 11.1. The largest absolute Gasteiger partial charge is 0.325 e. The second kappa shape index (κ2) is 5.83. The fraction of sp³-hybridized carbons (Fsp3) is 0.222. The first-order valence-electron chi connectivity index (χ1n) is 4.23. The van der Waals surface area contributed by atoms with Gasteiger partial charge in [0, 0.05) is 11.9 Å². The average molecular weight is 265 g/mol. The van der Waals surface area contributed by atoms with Crippen LogP contribution in [0.3, 0.4) is 0 Å². The number of carbonyl (C=O) groups excluding carboxylic acids is 1. The molecule has 5 nitrogen and oxygen atoms in total. The molecule has 1 aromatic rings. The molecule has 0 fully saturated rings. The zero-order chi connectivity index (χ0) is 11.5. The molecule has 0 radical (unpaired) electrons. The third-order valence-electron chi connectivity index (χ3n) is 1.75. The number of nitrogens with one attached hydrogen (secondary N) is 1. The lowest BCUT2D eigenvalue weighted by atomic mass is 10.3. The summed E-state index contributed by atoms with van der Waals surface area (Å²) in [5, 5.41) is 2.51. The molecule has 1 rings (SSSR count). The number of rotatable bonds is 3. The molecule has 0 heterocycles. The first-order valence-corrected chi connectivity index (χ1v) is 6.12. The van der Waals surface area contributed by atoms with Crippen molar-refractivity contribution in [2.45, 2.75) is 4.90 Å². The van der Waals surface area contributed by atoms with Gasteiger partial charge in [-0.3, -0.25) is 4.79 Å². The molecule has 0 saturated carbocycles. The molecule has 0 aliphatic heterocycles. The van der Waals surface area contributed by atoms with Crippen LogP contribution in [0.4, 0.5) is 5.69 Å². The van der Waals surface area contributed by atoms with E-state index in [9.17, 15) is 13.2 Å². The van der Waals surface area contributed by atoms with Crippen LogP contribution in [-0.4, -0.2) is 27.1 Å². The lowest BCUT2D eigenvalue weighted by molar-refractivity contribution is -0.114. The van der Waals surface area contributed by atoms with Gasteiger partial charge in [0.05, 0.1) is 11.4 Å². The van der Waals surface area contributed by atoms with Crippen molar-refractivity contribution in [3.8, 4) is 0 Å². The van der Waals surface area contributed by atoms with Gasteiger partial charge in [0.1, 0.15) is 0 Å². The lowest BCUT2D eigenvalue weighted by Crippen LogP contribution is -2.21. The van der Waals surface area contributed by atoms with Crippen LogP contribution in [0.15, 0.2) is 29.2 Å². The van der Waals surface area contributed by atoms with Gasteiger partial charge in [-0.15, -0.1) is 12.4 Å². The van der Waals surface area contributed by atoms with E-state index in [1.165, 1.54) is 24.3 Å². The van der Waals surface area contributed by atoms with Crippen LogP contribution in [-0.2, 0) is 14.6 Å². The van der Waals surface area contributed by atoms with Crippen LogP contribution >= 0.6 is 12.4 Å². The summed E-state index contributed by atoms with van der Waals surface area (Å²) in [6.45, 7) is -0.103. The number of halogens is 1. The fourth-order valence-electron chi connectivity index (χ4n) is 0.997. The zero-order valence-electron chi connectivity index (χ0n) is 8.64. The molecular weight excluding hydrogens is 252 g/mol. The Morgan fingerprint density at radius 3 is 2.19 bits per heavy atom. The Bertz CT molecular complexity index is 456. The number of anilines is 1. The van der Waals surface area contributed by atoms with Gasteiger partial charge in [0.2, 0.25) is 5.91 Å². The molecule has 0 saturated heterocycles. The maximum Gasteiger partial charge on any atom is 0.238 e. The van der Waals surface area contributed by atoms with E-state index in [1.54, 1.807) is 0 Å². The Labute approximate surface area is 100 Å². The van der Waals surface area contributed by atoms with E-state index in [1.807, 2.05) is 0 Å². The molecule has 7 heteroatoms. The summed E-state index contributed by atoms with van der Waals surface area (Å²) in [5.74, 6) is -0.317. The normalized spacial score (nSPS) is 10.4. The molecule has 0 aliphatic carbocycles. The molecular formula is C9H13ClN2O3S. The highest BCUT2D eigenvalue weighted by Crippen LogP contribution is 2.13. The summed E-state index contributed by atoms with van der Waals surface area (Å²) in [5.41, 5.74) is 5.64. The van der Waals surface area contributed by atoms with Crippen LogP contribution in [0.1, 0.15) is 0 Å². The van der Waals surface area contributed by atoms with Crippen LogP contribution in [0.2, 0.25) is 0 Å². The molecule has 0 aliphatic rings. The summed E-state index contributed by atoms with van der Waals surface area (Å²) in [4.78, 5) is 11.1. The molecule has 1 aromatic carbocycles. The highest BCUT2D eigenvalue weighted by molar-refractivity contribution is 7.90. The van der Waals surface area contributed by atoms with E-state index in [0.717, 1.165) is 6.26 Å². The number of sulfone groups is 1. The van der Waals surface area contributed by atoms with Gasteiger partial charge in [-0.25, -0.2) is 8.42 Å². The average Bonchev–Trinajstić information content (AvgIpc) is 2.17. The molecule has 0 bridgehead atoms. The van der Waals surface area contributed by atoms with E-state index >= 15 is 0 Å². The highest BCUT2D eigenvalue weighted by Gasteiger charge is 2.06. The number of nitrogens with two attached hydrogens (primary N) is 1. The number of hydrogen-bond acceptors (Lipinski definition) is 4. The van der Waals surface area contributed by atoms with Gasteiger partial charge >= 0.3 is 0 Å². The number of hydrogen-bond donors (Lipinski definition) is 2. The second-order valence-corrected chi connectivity index (χ2v) is 5.06.